The first-order valence-corrected chi connectivity index (χ1v) is 9.73. The summed E-state index contributed by atoms with van der Waals surface area (Å²) in [6, 6.07) is 3.37. The Kier molecular flexibility index (Phi) is 4.61. The molecule has 1 aromatic rings. The van der Waals surface area contributed by atoms with Gasteiger partial charge in [0.25, 0.3) is 5.91 Å². The van der Waals surface area contributed by atoms with Gasteiger partial charge in [-0.05, 0) is 43.7 Å². The zero-order chi connectivity index (χ0) is 19.0. The zero-order valence-electron chi connectivity index (χ0n) is 15.3. The summed E-state index contributed by atoms with van der Waals surface area (Å²) < 4.78 is 0. The number of carbonyl (C=O) groups excluding carboxylic acids is 2. The van der Waals surface area contributed by atoms with E-state index in [0.717, 1.165) is 25.7 Å². The smallest absolute Gasteiger partial charge is 0.311 e. The van der Waals surface area contributed by atoms with E-state index in [9.17, 15) is 19.5 Å². The van der Waals surface area contributed by atoms with Crippen molar-refractivity contribution in [1.82, 2.24) is 14.8 Å². The lowest BCUT2D eigenvalue weighted by atomic mass is 9.81. The highest BCUT2D eigenvalue weighted by Gasteiger charge is 2.56. The van der Waals surface area contributed by atoms with Crippen molar-refractivity contribution < 1.29 is 19.5 Å². The molecule has 7 nitrogen and oxygen atoms in total. The number of amides is 2. The summed E-state index contributed by atoms with van der Waals surface area (Å²) in [5.74, 6) is -1.00. The van der Waals surface area contributed by atoms with E-state index < -0.39 is 11.4 Å². The Morgan fingerprint density at radius 3 is 2.56 bits per heavy atom. The van der Waals surface area contributed by atoms with Crippen LogP contribution in [-0.4, -0.2) is 63.9 Å². The van der Waals surface area contributed by atoms with Crippen LogP contribution >= 0.6 is 0 Å². The predicted molar refractivity (Wildman–Crippen MR) is 96.9 cm³/mol. The van der Waals surface area contributed by atoms with E-state index in [0.29, 0.717) is 38.2 Å². The Hall–Kier alpha value is -2.44. The van der Waals surface area contributed by atoms with Crippen LogP contribution in [0.4, 0.5) is 0 Å². The Bertz CT molecular complexity index is 753. The molecule has 3 aliphatic rings. The second-order valence-corrected chi connectivity index (χ2v) is 8.10. The van der Waals surface area contributed by atoms with Crippen molar-refractivity contribution in [3.05, 3.63) is 30.1 Å². The van der Waals surface area contributed by atoms with Gasteiger partial charge in [-0.3, -0.25) is 19.4 Å². The van der Waals surface area contributed by atoms with Crippen LogP contribution in [0.2, 0.25) is 0 Å². The first-order valence-electron chi connectivity index (χ1n) is 9.73. The number of carboxylic acid groups (broad SMARTS) is 1. The summed E-state index contributed by atoms with van der Waals surface area (Å²) >= 11 is 0. The molecule has 2 saturated heterocycles. The average molecular weight is 371 g/mol. The number of carboxylic acids is 1. The molecular formula is C20H25N3O4. The third kappa shape index (κ3) is 3.09. The molecule has 2 aliphatic heterocycles. The van der Waals surface area contributed by atoms with E-state index in [1.807, 2.05) is 0 Å². The summed E-state index contributed by atoms with van der Waals surface area (Å²) in [4.78, 5) is 45.1. The Morgan fingerprint density at radius 2 is 1.85 bits per heavy atom. The number of hydrogen-bond donors (Lipinski definition) is 1. The van der Waals surface area contributed by atoms with Crippen LogP contribution in [0.25, 0.3) is 0 Å². The number of hydrogen-bond acceptors (Lipinski definition) is 4. The van der Waals surface area contributed by atoms with Crippen molar-refractivity contribution in [2.75, 3.05) is 26.2 Å². The van der Waals surface area contributed by atoms with Crippen molar-refractivity contribution in [3.63, 3.8) is 0 Å². The van der Waals surface area contributed by atoms with Gasteiger partial charge in [0.15, 0.2) is 0 Å². The van der Waals surface area contributed by atoms with Crippen LogP contribution in [0.3, 0.4) is 0 Å². The number of likely N-dealkylation sites (tertiary alicyclic amines) is 2. The van der Waals surface area contributed by atoms with Gasteiger partial charge < -0.3 is 14.9 Å². The minimum atomic E-state index is -0.765. The van der Waals surface area contributed by atoms with Gasteiger partial charge in [0.2, 0.25) is 5.91 Å². The van der Waals surface area contributed by atoms with Crippen LogP contribution in [0.1, 0.15) is 42.5 Å². The second-order valence-electron chi connectivity index (χ2n) is 8.10. The fourth-order valence-electron chi connectivity index (χ4n) is 5.11. The van der Waals surface area contributed by atoms with Crippen LogP contribution in [0.15, 0.2) is 24.5 Å². The minimum Gasteiger partial charge on any atom is -0.481 e. The summed E-state index contributed by atoms with van der Waals surface area (Å²) in [7, 11) is 0. The number of nitrogens with zero attached hydrogens (tertiary/aromatic N) is 3. The van der Waals surface area contributed by atoms with Crippen molar-refractivity contribution in [2.45, 2.75) is 32.1 Å². The van der Waals surface area contributed by atoms with Gasteiger partial charge in [-0.1, -0.05) is 6.42 Å². The minimum absolute atomic E-state index is 0.0113. The molecule has 0 radical (unpaired) electrons. The Labute approximate surface area is 158 Å². The van der Waals surface area contributed by atoms with E-state index in [4.69, 9.17) is 0 Å². The van der Waals surface area contributed by atoms with Crippen molar-refractivity contribution in [1.29, 1.82) is 0 Å². The van der Waals surface area contributed by atoms with Gasteiger partial charge in [0, 0.05) is 44.1 Å². The molecule has 3 heterocycles. The SMILES string of the molecule is O=C(c1ccncc1)N1CCCC(C(=O)N2C[C@@H]3CCC[C@@]3(C(=O)O)C2)C1. The number of aromatic nitrogens is 1. The normalized spacial score (nSPS) is 30.2. The van der Waals surface area contributed by atoms with E-state index in [-0.39, 0.29) is 23.7 Å². The number of rotatable bonds is 3. The maximum Gasteiger partial charge on any atom is 0.311 e. The van der Waals surface area contributed by atoms with Crippen LogP contribution in [0, 0.1) is 17.3 Å². The highest BCUT2D eigenvalue weighted by Crippen LogP contribution is 2.49. The van der Waals surface area contributed by atoms with Crippen molar-refractivity contribution in [2.24, 2.45) is 17.3 Å². The summed E-state index contributed by atoms with van der Waals surface area (Å²) in [6.45, 7) is 1.91. The number of carbonyl (C=O) groups is 3. The maximum atomic E-state index is 13.1. The molecule has 1 aliphatic carbocycles. The van der Waals surface area contributed by atoms with Gasteiger partial charge in [0.05, 0.1) is 11.3 Å². The third-order valence-electron chi connectivity index (χ3n) is 6.59. The van der Waals surface area contributed by atoms with Gasteiger partial charge in [0.1, 0.15) is 0 Å². The Balaban J connectivity index is 1.44. The quantitative estimate of drug-likeness (QED) is 0.872. The molecule has 3 fully saturated rings. The standard InChI is InChI=1S/C20H25N3O4/c24-17(14-5-8-21-9-6-14)22-10-2-3-15(11-22)18(25)23-12-16-4-1-7-20(16,13-23)19(26)27/h5-6,8-9,15-16H,1-4,7,10-13H2,(H,26,27)/t15?,16-,20+/m0/s1. The van der Waals surface area contributed by atoms with E-state index in [2.05, 4.69) is 4.98 Å². The molecular weight excluding hydrogens is 346 g/mol. The van der Waals surface area contributed by atoms with Gasteiger partial charge in [-0.25, -0.2) is 0 Å². The highest BCUT2D eigenvalue weighted by molar-refractivity contribution is 5.94. The predicted octanol–water partition coefficient (Wildman–Crippen LogP) is 1.65. The maximum absolute atomic E-state index is 13.1. The largest absolute Gasteiger partial charge is 0.481 e. The first-order chi connectivity index (χ1) is 13.0. The van der Waals surface area contributed by atoms with Gasteiger partial charge >= 0.3 is 5.97 Å². The van der Waals surface area contributed by atoms with Crippen molar-refractivity contribution >= 4 is 17.8 Å². The highest BCUT2D eigenvalue weighted by atomic mass is 16.4. The number of aliphatic carboxylic acids is 1. The first kappa shape index (κ1) is 17.9. The van der Waals surface area contributed by atoms with Crippen LogP contribution in [0.5, 0.6) is 0 Å². The molecule has 2 amide bonds. The molecule has 1 unspecified atom stereocenters. The van der Waals surface area contributed by atoms with Crippen LogP contribution < -0.4 is 0 Å². The monoisotopic (exact) mass is 371 g/mol. The third-order valence-corrected chi connectivity index (χ3v) is 6.59. The van der Waals surface area contributed by atoms with Crippen LogP contribution in [-0.2, 0) is 9.59 Å². The molecule has 0 bridgehead atoms. The van der Waals surface area contributed by atoms with Gasteiger partial charge in [-0.15, -0.1) is 0 Å². The molecule has 27 heavy (non-hydrogen) atoms. The van der Waals surface area contributed by atoms with E-state index >= 15 is 0 Å². The Morgan fingerprint density at radius 1 is 1.07 bits per heavy atom. The fourth-order valence-corrected chi connectivity index (χ4v) is 5.11. The molecule has 0 spiro atoms. The molecule has 1 aromatic heterocycles. The second kappa shape index (κ2) is 6.94. The summed E-state index contributed by atoms with van der Waals surface area (Å²) in [6.07, 6.45) is 7.19. The molecule has 7 heteroatoms. The number of piperidine rings is 1. The van der Waals surface area contributed by atoms with E-state index in [1.165, 1.54) is 0 Å². The molecule has 1 N–H and O–H groups in total. The molecule has 1 saturated carbocycles. The number of pyridine rings is 1. The molecule has 0 aromatic carbocycles. The van der Waals surface area contributed by atoms with Crippen molar-refractivity contribution in [3.8, 4) is 0 Å². The molecule has 3 atom stereocenters. The van der Waals surface area contributed by atoms with Gasteiger partial charge in [-0.2, -0.15) is 0 Å². The zero-order valence-corrected chi connectivity index (χ0v) is 15.3. The van der Waals surface area contributed by atoms with E-state index in [1.54, 1.807) is 34.3 Å². The lowest BCUT2D eigenvalue weighted by Gasteiger charge is -2.34. The number of fused-ring (bicyclic) bond motifs is 1. The average Bonchev–Trinajstić information content (AvgIpc) is 3.26. The fraction of sp³-hybridized carbons (Fsp3) is 0.600. The lowest BCUT2D eigenvalue weighted by Crippen LogP contribution is -2.47. The lowest BCUT2D eigenvalue weighted by molar-refractivity contribution is -0.149. The summed E-state index contributed by atoms with van der Waals surface area (Å²) in [5, 5.41) is 9.73. The molecule has 4 rings (SSSR count). The summed E-state index contributed by atoms with van der Waals surface area (Å²) in [5.41, 5.74) is -0.171. The topological polar surface area (TPSA) is 90.8 Å². The molecule has 144 valence electrons.